The molecule has 3 rings (SSSR count). The molecule has 31 heavy (non-hydrogen) atoms. The molecule has 0 amide bonds. The highest BCUT2D eigenvalue weighted by Crippen LogP contribution is 2.15. The van der Waals surface area contributed by atoms with E-state index < -0.39 is 0 Å². The second-order valence-electron chi connectivity index (χ2n) is 8.13. The van der Waals surface area contributed by atoms with Crippen LogP contribution in [0.1, 0.15) is 50.3 Å². The van der Waals surface area contributed by atoms with Crippen molar-refractivity contribution in [2.75, 3.05) is 19.6 Å². The van der Waals surface area contributed by atoms with Crippen molar-refractivity contribution in [1.29, 1.82) is 0 Å². The van der Waals surface area contributed by atoms with Gasteiger partial charge >= 0.3 is 0 Å². The summed E-state index contributed by atoms with van der Waals surface area (Å²) in [7, 11) is 0. The van der Waals surface area contributed by atoms with Crippen LogP contribution in [0.15, 0.2) is 59.6 Å². The van der Waals surface area contributed by atoms with Crippen molar-refractivity contribution < 1.29 is 4.92 Å². The normalized spacial score (nSPS) is 16.6. The molecule has 0 radical (unpaired) electrons. The molecule has 2 aromatic rings. The van der Waals surface area contributed by atoms with Gasteiger partial charge < -0.3 is 15.5 Å². The molecule has 1 atom stereocenters. The van der Waals surface area contributed by atoms with Crippen LogP contribution in [0.2, 0.25) is 0 Å². The van der Waals surface area contributed by atoms with Crippen molar-refractivity contribution in [2.45, 2.75) is 51.7 Å². The van der Waals surface area contributed by atoms with Crippen LogP contribution in [0, 0.1) is 10.1 Å². The zero-order chi connectivity index (χ0) is 22.1. The van der Waals surface area contributed by atoms with Crippen molar-refractivity contribution in [3.63, 3.8) is 0 Å². The van der Waals surface area contributed by atoms with E-state index in [1.807, 2.05) is 18.2 Å². The Morgan fingerprint density at radius 2 is 1.84 bits per heavy atom. The summed E-state index contributed by atoms with van der Waals surface area (Å²) >= 11 is 0. The molecule has 0 aromatic heterocycles. The van der Waals surface area contributed by atoms with Gasteiger partial charge in [-0.1, -0.05) is 49.4 Å². The van der Waals surface area contributed by atoms with Crippen molar-refractivity contribution in [1.82, 2.24) is 15.5 Å². The minimum absolute atomic E-state index is 0.0979. The van der Waals surface area contributed by atoms with Crippen LogP contribution < -0.4 is 10.6 Å². The standard InChI is InChI=1S/C24H33N5O2/c1-3-15-28-16-13-22(14-17-28)27-24(26-19(2)21-7-5-4-6-8-21)25-18-20-9-11-23(12-10-20)29(30)31/h4-12,19,22H,3,13-18H2,1-2H3,(H2,25,26,27). The maximum Gasteiger partial charge on any atom is 0.269 e. The number of aliphatic imine (C=N–C) groups is 1. The van der Waals surface area contributed by atoms with Crippen LogP contribution in [0.25, 0.3) is 0 Å². The lowest BCUT2D eigenvalue weighted by atomic mass is 10.0. The van der Waals surface area contributed by atoms with Crippen molar-refractivity contribution in [3.8, 4) is 0 Å². The third-order valence-corrected chi connectivity index (χ3v) is 5.69. The van der Waals surface area contributed by atoms with Crippen LogP contribution in [0.3, 0.4) is 0 Å². The molecule has 0 bridgehead atoms. The Morgan fingerprint density at radius 3 is 2.45 bits per heavy atom. The van der Waals surface area contributed by atoms with E-state index in [9.17, 15) is 10.1 Å². The predicted molar refractivity (Wildman–Crippen MR) is 125 cm³/mol. The second kappa shape index (κ2) is 11.5. The lowest BCUT2D eigenvalue weighted by Gasteiger charge is -2.33. The van der Waals surface area contributed by atoms with E-state index in [1.165, 1.54) is 24.1 Å². The highest BCUT2D eigenvalue weighted by molar-refractivity contribution is 5.80. The van der Waals surface area contributed by atoms with E-state index in [0.717, 1.165) is 44.0 Å². The van der Waals surface area contributed by atoms with E-state index in [1.54, 1.807) is 12.1 Å². The van der Waals surface area contributed by atoms with Gasteiger partial charge in [-0.05, 0) is 43.9 Å². The first-order valence-corrected chi connectivity index (χ1v) is 11.1. The Balaban J connectivity index is 1.67. The maximum absolute atomic E-state index is 10.9. The molecule has 1 aliphatic heterocycles. The number of benzene rings is 2. The summed E-state index contributed by atoms with van der Waals surface area (Å²) in [4.78, 5) is 17.8. The second-order valence-corrected chi connectivity index (χ2v) is 8.13. The molecule has 2 N–H and O–H groups in total. The smallest absolute Gasteiger partial charge is 0.269 e. The fourth-order valence-electron chi connectivity index (χ4n) is 3.87. The zero-order valence-corrected chi connectivity index (χ0v) is 18.5. The first kappa shape index (κ1) is 22.7. The highest BCUT2D eigenvalue weighted by Gasteiger charge is 2.20. The Labute approximate surface area is 184 Å². The van der Waals surface area contributed by atoms with Gasteiger partial charge in [0.15, 0.2) is 5.96 Å². The summed E-state index contributed by atoms with van der Waals surface area (Å²) in [5.41, 5.74) is 2.24. The van der Waals surface area contributed by atoms with Gasteiger partial charge in [0.2, 0.25) is 0 Å². The Morgan fingerprint density at radius 1 is 1.16 bits per heavy atom. The van der Waals surface area contributed by atoms with Crippen LogP contribution in [-0.4, -0.2) is 41.5 Å². The fourth-order valence-corrected chi connectivity index (χ4v) is 3.87. The Kier molecular flexibility index (Phi) is 8.41. The molecule has 7 nitrogen and oxygen atoms in total. The number of guanidine groups is 1. The van der Waals surface area contributed by atoms with Crippen LogP contribution in [0.4, 0.5) is 5.69 Å². The van der Waals surface area contributed by atoms with Gasteiger partial charge in [-0.2, -0.15) is 0 Å². The molecule has 0 aliphatic carbocycles. The molecular weight excluding hydrogens is 390 g/mol. The third-order valence-electron chi connectivity index (χ3n) is 5.69. The van der Waals surface area contributed by atoms with Gasteiger partial charge in [-0.25, -0.2) is 4.99 Å². The largest absolute Gasteiger partial charge is 0.354 e. The van der Waals surface area contributed by atoms with Crippen molar-refractivity contribution in [2.24, 2.45) is 4.99 Å². The number of piperidine rings is 1. The monoisotopic (exact) mass is 423 g/mol. The maximum atomic E-state index is 10.9. The molecule has 0 spiro atoms. The molecule has 166 valence electrons. The van der Waals surface area contributed by atoms with Gasteiger partial charge in [0.05, 0.1) is 17.5 Å². The summed E-state index contributed by atoms with van der Waals surface area (Å²) in [6, 6.07) is 17.4. The first-order chi connectivity index (χ1) is 15.0. The van der Waals surface area contributed by atoms with Gasteiger partial charge in [0.1, 0.15) is 0 Å². The number of nitro groups is 1. The highest BCUT2D eigenvalue weighted by atomic mass is 16.6. The molecule has 2 aromatic carbocycles. The number of non-ortho nitro benzene ring substituents is 1. The molecular formula is C24H33N5O2. The van der Waals surface area contributed by atoms with Gasteiger partial charge in [0.25, 0.3) is 5.69 Å². The Bertz CT molecular complexity index is 846. The average molecular weight is 424 g/mol. The summed E-state index contributed by atoms with van der Waals surface area (Å²) in [5, 5.41) is 18.0. The van der Waals surface area contributed by atoms with Gasteiger partial charge in [-0.15, -0.1) is 0 Å². The summed E-state index contributed by atoms with van der Waals surface area (Å²) in [6.45, 7) is 8.19. The fraction of sp³-hybridized carbons (Fsp3) is 0.458. The number of hydrogen-bond acceptors (Lipinski definition) is 4. The number of rotatable bonds is 8. The number of nitrogens with zero attached hydrogens (tertiary/aromatic N) is 3. The molecule has 1 saturated heterocycles. The predicted octanol–water partition coefficient (Wildman–Crippen LogP) is 4.27. The quantitative estimate of drug-likeness (QED) is 0.287. The molecule has 0 saturated carbocycles. The van der Waals surface area contributed by atoms with E-state index in [4.69, 9.17) is 4.99 Å². The van der Waals surface area contributed by atoms with Crippen LogP contribution in [0.5, 0.6) is 0 Å². The zero-order valence-electron chi connectivity index (χ0n) is 18.5. The minimum Gasteiger partial charge on any atom is -0.354 e. The SMILES string of the molecule is CCCN1CCC(NC(=NCc2ccc([N+](=O)[O-])cc2)NC(C)c2ccccc2)CC1. The van der Waals surface area contributed by atoms with E-state index in [0.29, 0.717) is 12.6 Å². The van der Waals surface area contributed by atoms with E-state index in [-0.39, 0.29) is 16.7 Å². The number of nitro benzene ring substituents is 1. The van der Waals surface area contributed by atoms with Crippen LogP contribution in [-0.2, 0) is 6.54 Å². The van der Waals surface area contributed by atoms with Crippen molar-refractivity contribution in [3.05, 3.63) is 75.8 Å². The number of likely N-dealkylation sites (tertiary alicyclic amines) is 1. The number of hydrogen-bond donors (Lipinski definition) is 2. The lowest BCUT2D eigenvalue weighted by Crippen LogP contribution is -2.49. The van der Waals surface area contributed by atoms with Crippen LogP contribution >= 0.6 is 0 Å². The molecule has 1 aliphatic rings. The van der Waals surface area contributed by atoms with Crippen molar-refractivity contribution >= 4 is 11.6 Å². The third kappa shape index (κ3) is 7.07. The lowest BCUT2D eigenvalue weighted by molar-refractivity contribution is -0.384. The summed E-state index contributed by atoms with van der Waals surface area (Å²) in [5.74, 6) is 0.781. The average Bonchev–Trinajstić information content (AvgIpc) is 2.79. The van der Waals surface area contributed by atoms with E-state index in [2.05, 4.69) is 41.5 Å². The summed E-state index contributed by atoms with van der Waals surface area (Å²) < 4.78 is 0. The van der Waals surface area contributed by atoms with Gasteiger partial charge in [-0.3, -0.25) is 10.1 Å². The summed E-state index contributed by atoms with van der Waals surface area (Å²) in [6.07, 6.45) is 3.38. The molecule has 1 unspecified atom stereocenters. The van der Waals surface area contributed by atoms with Gasteiger partial charge in [0, 0.05) is 31.3 Å². The molecule has 7 heteroatoms. The first-order valence-electron chi connectivity index (χ1n) is 11.1. The van der Waals surface area contributed by atoms with E-state index >= 15 is 0 Å². The number of nitrogens with one attached hydrogen (secondary N) is 2. The Hall–Kier alpha value is -2.93. The molecule has 1 fully saturated rings. The topological polar surface area (TPSA) is 82.8 Å². The molecule has 1 heterocycles. The minimum atomic E-state index is -0.381.